The van der Waals surface area contributed by atoms with Crippen LogP contribution in [0.4, 0.5) is 4.79 Å². The van der Waals surface area contributed by atoms with Gasteiger partial charge in [-0.3, -0.25) is 14.4 Å². The van der Waals surface area contributed by atoms with Crippen molar-refractivity contribution in [3.05, 3.63) is 0 Å². The van der Waals surface area contributed by atoms with Gasteiger partial charge in [0.05, 0.1) is 19.8 Å². The van der Waals surface area contributed by atoms with Crippen molar-refractivity contribution in [3.63, 3.8) is 0 Å². The summed E-state index contributed by atoms with van der Waals surface area (Å²) in [6.45, 7) is 12.4. The average molecular weight is 1070 g/mol. The number of hydrogen-bond acceptors (Lipinski definition) is 8. The molecule has 0 atom stereocenters. The van der Waals surface area contributed by atoms with Gasteiger partial charge in [0.1, 0.15) is 6.10 Å². The Morgan fingerprint density at radius 2 is 0.842 bits per heavy atom. The van der Waals surface area contributed by atoms with Crippen LogP contribution in [-0.2, 0) is 28.6 Å². The van der Waals surface area contributed by atoms with Crippen LogP contribution in [0.5, 0.6) is 0 Å². The highest BCUT2D eigenvalue weighted by Crippen LogP contribution is 2.36. The Labute approximate surface area is 470 Å². The molecule has 1 saturated heterocycles. The predicted octanol–water partition coefficient (Wildman–Crippen LogP) is 18.1. The SMILES string of the molecule is CCCCCCCCCCC(CCCCCCCCCC)COC(=O)CC1CC(N(CCCCCCCC(=O)OCC(CCCCCCCCC)CCCCCCCCC)C(=O)OC2CCN(C(=O)CN(C)C)CC2)C1. The number of nitrogens with zero attached hydrogens (tertiary/aromatic N) is 3. The van der Waals surface area contributed by atoms with Gasteiger partial charge in [0.25, 0.3) is 0 Å². The van der Waals surface area contributed by atoms with Crippen LogP contribution in [0.25, 0.3) is 0 Å². The number of carbonyl (C=O) groups is 4. The van der Waals surface area contributed by atoms with E-state index in [-0.39, 0.29) is 42.0 Å². The van der Waals surface area contributed by atoms with E-state index in [4.69, 9.17) is 14.2 Å². The lowest BCUT2D eigenvalue weighted by Crippen LogP contribution is -2.50. The highest BCUT2D eigenvalue weighted by Gasteiger charge is 2.39. The van der Waals surface area contributed by atoms with Gasteiger partial charge in [-0.25, -0.2) is 4.79 Å². The third kappa shape index (κ3) is 37.5. The molecule has 10 heteroatoms. The Morgan fingerprint density at radius 1 is 0.474 bits per heavy atom. The van der Waals surface area contributed by atoms with E-state index in [2.05, 4.69) is 27.7 Å². The van der Waals surface area contributed by atoms with E-state index in [0.29, 0.717) is 76.9 Å². The summed E-state index contributed by atoms with van der Waals surface area (Å²) >= 11 is 0. The summed E-state index contributed by atoms with van der Waals surface area (Å²) in [5.74, 6) is 1.13. The van der Waals surface area contributed by atoms with Crippen LogP contribution in [0.1, 0.15) is 317 Å². The van der Waals surface area contributed by atoms with Gasteiger partial charge in [-0.2, -0.15) is 0 Å². The molecular formula is C66H125N3O7. The molecule has 446 valence electrons. The first-order valence-electron chi connectivity index (χ1n) is 33.3. The zero-order valence-corrected chi connectivity index (χ0v) is 51.1. The standard InChI is InChI=1S/C66H125N3O7/c1-7-11-15-19-23-27-32-38-44-59(45-39-33-28-24-20-16-12-8-2)57-75-65(72)54-60-52-61(53-60)69(66(73)76-62-47-50-68(51-48-62)63(70)55-67(5)6)49-41-35-29-34-40-46-64(71)74-56-58(42-36-30-25-21-17-13-9-3)43-37-31-26-22-18-14-10-4/h58-62H,7-57H2,1-6H3. The first-order valence-corrected chi connectivity index (χ1v) is 33.3. The summed E-state index contributed by atoms with van der Waals surface area (Å²) < 4.78 is 18.2. The number of piperidine rings is 1. The molecule has 0 radical (unpaired) electrons. The van der Waals surface area contributed by atoms with Crippen molar-refractivity contribution < 1.29 is 33.4 Å². The molecule has 1 saturated carbocycles. The van der Waals surface area contributed by atoms with Gasteiger partial charge in [-0.15, -0.1) is 0 Å². The monoisotopic (exact) mass is 1070 g/mol. The van der Waals surface area contributed by atoms with Gasteiger partial charge in [-0.05, 0) is 83.2 Å². The Morgan fingerprint density at radius 3 is 1.25 bits per heavy atom. The fraction of sp³-hybridized carbons (Fsp3) is 0.939. The number of amides is 2. The molecule has 1 aliphatic carbocycles. The Hall–Kier alpha value is -2.36. The number of unbranched alkanes of at least 4 members (excludes halogenated alkanes) is 30. The molecule has 1 aliphatic heterocycles. The number of rotatable bonds is 52. The molecule has 0 aromatic rings. The number of esters is 2. The second kappa shape index (κ2) is 48.5. The van der Waals surface area contributed by atoms with Gasteiger partial charge in [-0.1, -0.05) is 240 Å². The molecule has 0 aromatic carbocycles. The quantitative estimate of drug-likeness (QED) is 0.0337. The van der Waals surface area contributed by atoms with Gasteiger partial charge in [0, 0.05) is 51.4 Å². The van der Waals surface area contributed by atoms with Crippen molar-refractivity contribution in [2.24, 2.45) is 17.8 Å². The second-order valence-electron chi connectivity index (χ2n) is 24.6. The maximum atomic E-state index is 14.0. The molecule has 0 unspecified atom stereocenters. The van der Waals surface area contributed by atoms with Gasteiger partial charge >= 0.3 is 18.0 Å². The van der Waals surface area contributed by atoms with Gasteiger partial charge < -0.3 is 28.9 Å². The molecule has 0 bridgehead atoms. The summed E-state index contributed by atoms with van der Waals surface area (Å²) in [4.78, 5) is 58.7. The number of hydrogen-bond donors (Lipinski definition) is 0. The highest BCUT2D eigenvalue weighted by molar-refractivity contribution is 5.78. The summed E-state index contributed by atoms with van der Waals surface area (Å²) in [6.07, 6.45) is 52.1. The molecule has 2 aliphatic rings. The van der Waals surface area contributed by atoms with E-state index in [1.165, 1.54) is 205 Å². The van der Waals surface area contributed by atoms with Crippen LogP contribution in [0, 0.1) is 17.8 Å². The van der Waals surface area contributed by atoms with Gasteiger partial charge in [0.15, 0.2) is 0 Å². The molecule has 2 rings (SSSR count). The topological polar surface area (TPSA) is 106 Å². The first-order chi connectivity index (χ1) is 37.1. The molecule has 0 aromatic heterocycles. The predicted molar refractivity (Wildman–Crippen MR) is 319 cm³/mol. The molecule has 76 heavy (non-hydrogen) atoms. The molecule has 0 spiro atoms. The van der Waals surface area contributed by atoms with Crippen LogP contribution in [0.3, 0.4) is 0 Å². The number of likely N-dealkylation sites (N-methyl/N-ethyl adjacent to an activating group) is 1. The average Bonchev–Trinajstić information content (AvgIpc) is 3.39. The molecular weight excluding hydrogens is 947 g/mol. The minimum Gasteiger partial charge on any atom is -0.465 e. The van der Waals surface area contributed by atoms with Crippen molar-refractivity contribution in [3.8, 4) is 0 Å². The van der Waals surface area contributed by atoms with E-state index >= 15 is 0 Å². The van der Waals surface area contributed by atoms with Crippen LogP contribution < -0.4 is 0 Å². The lowest BCUT2D eigenvalue weighted by atomic mass is 9.77. The van der Waals surface area contributed by atoms with Crippen LogP contribution in [0.2, 0.25) is 0 Å². The van der Waals surface area contributed by atoms with E-state index in [1.54, 1.807) is 0 Å². The van der Waals surface area contributed by atoms with Crippen LogP contribution >= 0.6 is 0 Å². The summed E-state index contributed by atoms with van der Waals surface area (Å²) in [6, 6.07) is 0.0546. The molecule has 2 amide bonds. The molecule has 10 nitrogen and oxygen atoms in total. The fourth-order valence-electron chi connectivity index (χ4n) is 11.8. The number of ether oxygens (including phenoxy) is 3. The lowest BCUT2D eigenvalue weighted by molar-refractivity contribution is -0.148. The van der Waals surface area contributed by atoms with Crippen molar-refractivity contribution in [2.75, 3.05) is 53.5 Å². The fourth-order valence-corrected chi connectivity index (χ4v) is 11.8. The van der Waals surface area contributed by atoms with Gasteiger partial charge in [0.2, 0.25) is 5.91 Å². The minimum atomic E-state index is -0.256. The summed E-state index contributed by atoms with van der Waals surface area (Å²) in [5.41, 5.74) is 0. The first kappa shape index (κ1) is 69.7. The van der Waals surface area contributed by atoms with Crippen molar-refractivity contribution in [1.29, 1.82) is 0 Å². The number of likely N-dealkylation sites (tertiary alicyclic amines) is 1. The van der Waals surface area contributed by atoms with Crippen molar-refractivity contribution in [2.45, 2.75) is 329 Å². The zero-order chi connectivity index (χ0) is 55.1. The maximum Gasteiger partial charge on any atom is 0.410 e. The van der Waals surface area contributed by atoms with E-state index in [0.717, 1.165) is 57.8 Å². The second-order valence-corrected chi connectivity index (χ2v) is 24.6. The minimum absolute atomic E-state index is 0.0493. The van der Waals surface area contributed by atoms with Crippen LogP contribution in [0.15, 0.2) is 0 Å². The number of carbonyl (C=O) groups excluding carboxylic acids is 4. The zero-order valence-electron chi connectivity index (χ0n) is 51.1. The summed E-state index contributed by atoms with van der Waals surface area (Å²) in [5, 5.41) is 0. The van der Waals surface area contributed by atoms with Crippen molar-refractivity contribution in [1.82, 2.24) is 14.7 Å². The molecule has 2 fully saturated rings. The Kier molecular flexibility index (Phi) is 44.5. The normalized spacial score (nSPS) is 15.9. The Bertz CT molecular complexity index is 1340. The van der Waals surface area contributed by atoms with Crippen molar-refractivity contribution >= 4 is 23.9 Å². The van der Waals surface area contributed by atoms with Crippen LogP contribution in [-0.4, -0.2) is 104 Å². The van der Waals surface area contributed by atoms with E-state index in [1.807, 2.05) is 28.8 Å². The Balaban J connectivity index is 1.86. The maximum absolute atomic E-state index is 14.0. The summed E-state index contributed by atoms with van der Waals surface area (Å²) in [7, 11) is 3.82. The third-order valence-electron chi connectivity index (χ3n) is 17.0. The molecule has 1 heterocycles. The molecule has 0 N–H and O–H groups in total. The lowest BCUT2D eigenvalue weighted by Gasteiger charge is -2.43. The van der Waals surface area contributed by atoms with E-state index in [9.17, 15) is 19.2 Å². The highest BCUT2D eigenvalue weighted by atomic mass is 16.6. The van der Waals surface area contributed by atoms with E-state index < -0.39 is 0 Å². The largest absolute Gasteiger partial charge is 0.465 e. The third-order valence-corrected chi connectivity index (χ3v) is 17.0. The smallest absolute Gasteiger partial charge is 0.410 e.